The zero-order chi connectivity index (χ0) is 19.6. The Hall–Kier alpha value is -2.32. The fraction of sp³-hybridized carbons (Fsp3) is 0.316. The van der Waals surface area contributed by atoms with E-state index in [0.717, 1.165) is 17.3 Å². The second-order valence-corrected chi connectivity index (χ2v) is 7.15. The first-order valence-corrected chi connectivity index (χ1v) is 10.5. The number of carbonyl (C=O) groups is 3. The van der Waals surface area contributed by atoms with Gasteiger partial charge in [0.05, 0.1) is 24.7 Å². The van der Waals surface area contributed by atoms with Crippen LogP contribution in [0.15, 0.2) is 35.7 Å². The standard InChI is InChI=1S/C19H21NO5S2/c1-3-24-16(22)12-26-11-15(21)20-18-17(19(23)25-4-2)14(10-27-18)13-8-6-5-7-9-13/h5-10H,3-4,11-12H2,1-2H3,(H,20,21). The lowest BCUT2D eigenvalue weighted by molar-refractivity contribution is -0.139. The van der Waals surface area contributed by atoms with Crippen LogP contribution in [0.3, 0.4) is 0 Å². The molecule has 1 heterocycles. The van der Waals surface area contributed by atoms with Gasteiger partial charge in [0.25, 0.3) is 0 Å². The molecule has 0 atom stereocenters. The first kappa shape index (κ1) is 21.0. The summed E-state index contributed by atoms with van der Waals surface area (Å²) in [6.07, 6.45) is 0. The monoisotopic (exact) mass is 407 g/mol. The Kier molecular flexibility index (Phi) is 8.35. The van der Waals surface area contributed by atoms with E-state index in [1.165, 1.54) is 11.3 Å². The molecular weight excluding hydrogens is 386 g/mol. The summed E-state index contributed by atoms with van der Waals surface area (Å²) in [6.45, 7) is 4.02. The minimum absolute atomic E-state index is 0.0830. The number of nitrogens with one attached hydrogen (secondary N) is 1. The Morgan fingerprint density at radius 2 is 1.74 bits per heavy atom. The molecule has 0 unspecified atom stereocenters. The molecule has 0 aliphatic rings. The molecule has 1 aromatic heterocycles. The zero-order valence-corrected chi connectivity index (χ0v) is 16.8. The van der Waals surface area contributed by atoms with Gasteiger partial charge in [-0.3, -0.25) is 9.59 Å². The molecular formula is C19H21NO5S2. The Morgan fingerprint density at radius 1 is 1.04 bits per heavy atom. The lowest BCUT2D eigenvalue weighted by Gasteiger charge is -2.09. The highest BCUT2D eigenvalue weighted by Crippen LogP contribution is 2.36. The first-order valence-electron chi connectivity index (χ1n) is 8.44. The number of carbonyl (C=O) groups excluding carboxylic acids is 3. The first-order chi connectivity index (χ1) is 13.1. The van der Waals surface area contributed by atoms with E-state index >= 15 is 0 Å². The summed E-state index contributed by atoms with van der Waals surface area (Å²) in [7, 11) is 0. The van der Waals surface area contributed by atoms with Crippen LogP contribution in [0.1, 0.15) is 24.2 Å². The van der Waals surface area contributed by atoms with E-state index in [1.807, 2.05) is 35.7 Å². The predicted octanol–water partition coefficient (Wildman–Crippen LogP) is 3.83. The average Bonchev–Trinajstić information content (AvgIpc) is 3.06. The van der Waals surface area contributed by atoms with E-state index in [1.54, 1.807) is 13.8 Å². The number of thioether (sulfide) groups is 1. The highest BCUT2D eigenvalue weighted by Gasteiger charge is 2.22. The van der Waals surface area contributed by atoms with Crippen molar-refractivity contribution >= 4 is 45.9 Å². The number of esters is 2. The van der Waals surface area contributed by atoms with E-state index in [9.17, 15) is 14.4 Å². The van der Waals surface area contributed by atoms with Crippen LogP contribution < -0.4 is 5.32 Å². The topological polar surface area (TPSA) is 81.7 Å². The second-order valence-electron chi connectivity index (χ2n) is 5.29. The van der Waals surface area contributed by atoms with Crippen molar-refractivity contribution in [1.29, 1.82) is 0 Å². The van der Waals surface area contributed by atoms with Gasteiger partial charge in [0.2, 0.25) is 5.91 Å². The number of amides is 1. The Labute approximate surface area is 166 Å². The van der Waals surface area contributed by atoms with Gasteiger partial charge in [-0.1, -0.05) is 30.3 Å². The SMILES string of the molecule is CCOC(=O)CSCC(=O)Nc1scc(-c2ccccc2)c1C(=O)OCC. The van der Waals surface area contributed by atoms with Crippen LogP contribution in [0.25, 0.3) is 11.1 Å². The van der Waals surface area contributed by atoms with E-state index < -0.39 is 5.97 Å². The number of hydrogen-bond donors (Lipinski definition) is 1. The Morgan fingerprint density at radius 3 is 2.41 bits per heavy atom. The minimum Gasteiger partial charge on any atom is -0.465 e. The van der Waals surface area contributed by atoms with Crippen LogP contribution in [0, 0.1) is 0 Å². The lowest BCUT2D eigenvalue weighted by atomic mass is 10.0. The van der Waals surface area contributed by atoms with Gasteiger partial charge >= 0.3 is 11.9 Å². The molecule has 2 rings (SSSR count). The van der Waals surface area contributed by atoms with Crippen LogP contribution in [-0.2, 0) is 19.1 Å². The molecule has 0 saturated heterocycles. The molecule has 27 heavy (non-hydrogen) atoms. The van der Waals surface area contributed by atoms with Gasteiger partial charge in [0, 0.05) is 10.9 Å². The number of rotatable bonds is 9. The summed E-state index contributed by atoms with van der Waals surface area (Å²) in [4.78, 5) is 36.0. The Bertz CT molecular complexity index is 789. The van der Waals surface area contributed by atoms with Crippen molar-refractivity contribution in [1.82, 2.24) is 0 Å². The molecule has 1 aromatic carbocycles. The van der Waals surface area contributed by atoms with Gasteiger partial charge in [-0.25, -0.2) is 4.79 Å². The van der Waals surface area contributed by atoms with E-state index in [4.69, 9.17) is 9.47 Å². The Balaban J connectivity index is 2.12. The molecule has 2 aromatic rings. The second kappa shape index (κ2) is 10.7. The molecule has 1 N–H and O–H groups in total. The molecule has 6 nitrogen and oxygen atoms in total. The summed E-state index contributed by atoms with van der Waals surface area (Å²) >= 11 is 2.43. The summed E-state index contributed by atoms with van der Waals surface area (Å²) in [6, 6.07) is 9.44. The predicted molar refractivity (Wildman–Crippen MR) is 108 cm³/mol. The third-order valence-electron chi connectivity index (χ3n) is 3.37. The minimum atomic E-state index is -0.480. The molecule has 0 aliphatic carbocycles. The quantitative estimate of drug-likeness (QED) is 0.636. The molecule has 8 heteroatoms. The molecule has 1 amide bonds. The van der Waals surface area contributed by atoms with Crippen LogP contribution >= 0.6 is 23.1 Å². The van der Waals surface area contributed by atoms with Crippen molar-refractivity contribution in [3.8, 4) is 11.1 Å². The maximum absolute atomic E-state index is 12.4. The number of anilines is 1. The van der Waals surface area contributed by atoms with Crippen LogP contribution in [0.4, 0.5) is 5.00 Å². The van der Waals surface area contributed by atoms with Gasteiger partial charge in [0.15, 0.2) is 0 Å². The number of benzene rings is 1. The van der Waals surface area contributed by atoms with Crippen LogP contribution in [-0.4, -0.2) is 42.6 Å². The van der Waals surface area contributed by atoms with Crippen molar-refractivity contribution in [2.45, 2.75) is 13.8 Å². The van der Waals surface area contributed by atoms with E-state index in [-0.39, 0.29) is 30.0 Å². The van der Waals surface area contributed by atoms with Gasteiger partial charge < -0.3 is 14.8 Å². The number of hydrogen-bond acceptors (Lipinski definition) is 7. The summed E-state index contributed by atoms with van der Waals surface area (Å²) in [5.74, 6) is -0.945. The third kappa shape index (κ3) is 6.11. The van der Waals surface area contributed by atoms with Crippen molar-refractivity contribution in [2.75, 3.05) is 30.0 Å². The van der Waals surface area contributed by atoms with Crippen molar-refractivity contribution in [2.24, 2.45) is 0 Å². The maximum atomic E-state index is 12.4. The lowest BCUT2D eigenvalue weighted by Crippen LogP contribution is -2.17. The fourth-order valence-electron chi connectivity index (χ4n) is 2.28. The highest BCUT2D eigenvalue weighted by molar-refractivity contribution is 8.00. The van der Waals surface area contributed by atoms with Gasteiger partial charge in [-0.2, -0.15) is 0 Å². The summed E-state index contributed by atoms with van der Waals surface area (Å²) in [5.41, 5.74) is 1.93. The van der Waals surface area contributed by atoms with Crippen molar-refractivity contribution in [3.63, 3.8) is 0 Å². The van der Waals surface area contributed by atoms with Crippen LogP contribution in [0.2, 0.25) is 0 Å². The molecule has 0 fully saturated rings. The molecule has 0 saturated carbocycles. The number of thiophene rings is 1. The van der Waals surface area contributed by atoms with Crippen LogP contribution in [0.5, 0.6) is 0 Å². The maximum Gasteiger partial charge on any atom is 0.341 e. The zero-order valence-electron chi connectivity index (χ0n) is 15.2. The molecule has 0 spiro atoms. The average molecular weight is 408 g/mol. The molecule has 0 bridgehead atoms. The van der Waals surface area contributed by atoms with E-state index in [0.29, 0.717) is 22.7 Å². The fourth-order valence-corrected chi connectivity index (χ4v) is 3.86. The van der Waals surface area contributed by atoms with Crippen molar-refractivity contribution in [3.05, 3.63) is 41.3 Å². The summed E-state index contributed by atoms with van der Waals surface area (Å²) in [5, 5.41) is 5.01. The van der Waals surface area contributed by atoms with Gasteiger partial charge in [-0.15, -0.1) is 23.1 Å². The highest BCUT2D eigenvalue weighted by atomic mass is 32.2. The van der Waals surface area contributed by atoms with Gasteiger partial charge in [0.1, 0.15) is 10.6 Å². The molecule has 144 valence electrons. The molecule has 0 radical (unpaired) electrons. The van der Waals surface area contributed by atoms with E-state index in [2.05, 4.69) is 5.32 Å². The third-order valence-corrected chi connectivity index (χ3v) is 5.17. The van der Waals surface area contributed by atoms with Gasteiger partial charge in [-0.05, 0) is 19.4 Å². The summed E-state index contributed by atoms with van der Waals surface area (Å²) < 4.78 is 9.98. The van der Waals surface area contributed by atoms with Crippen molar-refractivity contribution < 1.29 is 23.9 Å². The molecule has 0 aliphatic heterocycles. The largest absolute Gasteiger partial charge is 0.465 e. The smallest absolute Gasteiger partial charge is 0.341 e. The normalized spacial score (nSPS) is 10.3. The number of ether oxygens (including phenoxy) is 2.